The largest absolute Gasteiger partial charge is 0.314 e. The minimum Gasteiger partial charge on any atom is -0.314 e. The van der Waals surface area contributed by atoms with Crippen LogP contribution in [-0.2, 0) is 0 Å². The first-order chi connectivity index (χ1) is 10.2. The molecule has 1 saturated heterocycles. The van der Waals surface area contributed by atoms with Gasteiger partial charge in [-0.25, -0.2) is 4.39 Å². The monoisotopic (exact) mass is 346 g/mol. The molecule has 0 saturated carbocycles. The van der Waals surface area contributed by atoms with Gasteiger partial charge in [-0.3, -0.25) is 4.90 Å². The van der Waals surface area contributed by atoms with Crippen molar-refractivity contribution in [3.8, 4) is 0 Å². The van der Waals surface area contributed by atoms with Crippen LogP contribution in [0.25, 0.3) is 0 Å². The Morgan fingerprint density at radius 2 is 2.05 bits per heavy atom. The van der Waals surface area contributed by atoms with Crippen LogP contribution in [0.3, 0.4) is 0 Å². The fraction of sp³-hybridized carbons (Fsp3) is 0.529. The van der Waals surface area contributed by atoms with E-state index in [4.69, 9.17) is 11.6 Å². The van der Waals surface area contributed by atoms with Gasteiger partial charge in [0.2, 0.25) is 0 Å². The Hall–Kier alpha value is -0.610. The smallest absolute Gasteiger partial charge is 0.142 e. The highest BCUT2D eigenvalue weighted by molar-refractivity contribution is 6.31. The Morgan fingerprint density at radius 1 is 1.32 bits per heavy atom. The standard InChI is InChI=1S/C17H24ClFN2.ClH/c1-2-3-4-5-9-16(21-12-10-20-11-13-21)14-7-6-8-15(19)17(14)18;/h2,6-8,16,20H,1,3-5,9-13H2;1H/t16-;/m1./s1. The summed E-state index contributed by atoms with van der Waals surface area (Å²) >= 11 is 6.21. The molecular formula is C17H25Cl2FN2. The fourth-order valence-corrected chi connectivity index (χ4v) is 3.18. The summed E-state index contributed by atoms with van der Waals surface area (Å²) in [6.07, 6.45) is 6.23. The molecule has 2 rings (SSSR count). The normalized spacial score (nSPS) is 16.8. The number of unbranched alkanes of at least 4 members (excludes halogenated alkanes) is 2. The van der Waals surface area contributed by atoms with Crippen LogP contribution in [0, 0.1) is 5.82 Å². The van der Waals surface area contributed by atoms with E-state index in [1.54, 1.807) is 6.07 Å². The van der Waals surface area contributed by atoms with Crippen molar-refractivity contribution in [1.29, 1.82) is 0 Å². The molecule has 0 radical (unpaired) electrons. The molecule has 0 amide bonds. The molecule has 1 aliphatic rings. The summed E-state index contributed by atoms with van der Waals surface area (Å²) in [5.74, 6) is -0.319. The molecule has 0 bridgehead atoms. The van der Waals surface area contributed by atoms with Gasteiger partial charge < -0.3 is 5.32 Å². The van der Waals surface area contributed by atoms with Crippen LogP contribution < -0.4 is 5.32 Å². The first-order valence-corrected chi connectivity index (χ1v) is 8.11. The van der Waals surface area contributed by atoms with Crippen molar-refractivity contribution in [2.45, 2.75) is 31.7 Å². The van der Waals surface area contributed by atoms with Crippen LogP contribution >= 0.6 is 24.0 Å². The Labute approximate surface area is 144 Å². The van der Waals surface area contributed by atoms with Crippen LogP contribution in [0.4, 0.5) is 4.39 Å². The van der Waals surface area contributed by atoms with Crippen molar-refractivity contribution in [3.05, 3.63) is 47.3 Å². The minimum atomic E-state index is -0.319. The van der Waals surface area contributed by atoms with Gasteiger partial charge in [-0.2, -0.15) is 0 Å². The van der Waals surface area contributed by atoms with Gasteiger partial charge in [-0.1, -0.05) is 36.2 Å². The quantitative estimate of drug-likeness (QED) is 0.573. The van der Waals surface area contributed by atoms with E-state index in [1.807, 2.05) is 12.1 Å². The summed E-state index contributed by atoms with van der Waals surface area (Å²) in [6.45, 7) is 7.70. The summed E-state index contributed by atoms with van der Waals surface area (Å²) in [6, 6.07) is 5.36. The molecule has 1 aromatic rings. The van der Waals surface area contributed by atoms with Crippen LogP contribution in [0.2, 0.25) is 5.02 Å². The van der Waals surface area contributed by atoms with E-state index in [0.29, 0.717) is 0 Å². The molecular weight excluding hydrogens is 322 g/mol. The number of hydrogen-bond donors (Lipinski definition) is 1. The van der Waals surface area contributed by atoms with Crippen molar-refractivity contribution in [2.75, 3.05) is 26.2 Å². The van der Waals surface area contributed by atoms with Gasteiger partial charge in [-0.05, 0) is 30.9 Å². The van der Waals surface area contributed by atoms with E-state index in [0.717, 1.165) is 57.4 Å². The third-order valence-electron chi connectivity index (χ3n) is 4.07. The van der Waals surface area contributed by atoms with Crippen LogP contribution in [0.1, 0.15) is 37.3 Å². The lowest BCUT2D eigenvalue weighted by Gasteiger charge is -2.35. The highest BCUT2D eigenvalue weighted by atomic mass is 35.5. The first kappa shape index (κ1) is 19.4. The van der Waals surface area contributed by atoms with Crippen LogP contribution in [0.15, 0.2) is 30.9 Å². The lowest BCUT2D eigenvalue weighted by molar-refractivity contribution is 0.162. The Balaban J connectivity index is 0.00000242. The number of benzene rings is 1. The van der Waals surface area contributed by atoms with E-state index in [-0.39, 0.29) is 29.3 Å². The van der Waals surface area contributed by atoms with Crippen LogP contribution in [0.5, 0.6) is 0 Å². The number of allylic oxidation sites excluding steroid dienone is 1. The molecule has 0 aliphatic carbocycles. The molecule has 1 heterocycles. The maximum atomic E-state index is 13.8. The third kappa shape index (κ3) is 5.24. The lowest BCUT2D eigenvalue weighted by atomic mass is 9.97. The number of rotatable bonds is 7. The molecule has 1 fully saturated rings. The van der Waals surface area contributed by atoms with Gasteiger partial charge in [0, 0.05) is 32.2 Å². The van der Waals surface area contributed by atoms with Crippen molar-refractivity contribution in [2.24, 2.45) is 0 Å². The van der Waals surface area contributed by atoms with E-state index >= 15 is 0 Å². The zero-order valence-corrected chi connectivity index (χ0v) is 14.4. The predicted molar refractivity (Wildman–Crippen MR) is 94.5 cm³/mol. The molecule has 22 heavy (non-hydrogen) atoms. The van der Waals surface area contributed by atoms with Gasteiger partial charge in [0.25, 0.3) is 0 Å². The van der Waals surface area contributed by atoms with Gasteiger partial charge >= 0.3 is 0 Å². The number of nitrogens with zero attached hydrogens (tertiary/aromatic N) is 1. The first-order valence-electron chi connectivity index (χ1n) is 7.73. The van der Waals surface area contributed by atoms with E-state index in [2.05, 4.69) is 16.8 Å². The predicted octanol–water partition coefficient (Wildman–Crippen LogP) is 4.59. The second-order valence-electron chi connectivity index (χ2n) is 5.52. The molecule has 124 valence electrons. The SMILES string of the molecule is C=CCCCC[C@H](c1cccc(F)c1Cl)N1CCNCC1.Cl. The number of piperazine rings is 1. The third-order valence-corrected chi connectivity index (χ3v) is 4.47. The summed E-state index contributed by atoms with van der Waals surface area (Å²) in [5, 5.41) is 3.64. The number of halogens is 3. The van der Waals surface area contributed by atoms with Gasteiger partial charge in [0.1, 0.15) is 5.82 Å². The minimum absolute atomic E-state index is 0. The van der Waals surface area contributed by atoms with E-state index in [9.17, 15) is 4.39 Å². The van der Waals surface area contributed by atoms with Crippen molar-refractivity contribution < 1.29 is 4.39 Å². The molecule has 2 nitrogen and oxygen atoms in total. The molecule has 0 aromatic heterocycles. The highest BCUT2D eigenvalue weighted by Gasteiger charge is 2.24. The Kier molecular flexibility index (Phi) is 9.03. The number of nitrogens with one attached hydrogen (secondary N) is 1. The summed E-state index contributed by atoms with van der Waals surface area (Å²) in [4.78, 5) is 2.42. The molecule has 1 aromatic carbocycles. The Bertz CT molecular complexity index is 462. The maximum absolute atomic E-state index is 13.8. The molecule has 0 spiro atoms. The topological polar surface area (TPSA) is 15.3 Å². The van der Waals surface area contributed by atoms with E-state index in [1.165, 1.54) is 6.07 Å². The van der Waals surface area contributed by atoms with Crippen molar-refractivity contribution in [3.63, 3.8) is 0 Å². The second-order valence-corrected chi connectivity index (χ2v) is 5.90. The molecule has 1 N–H and O–H groups in total. The van der Waals surface area contributed by atoms with Gasteiger partial charge in [0.05, 0.1) is 5.02 Å². The van der Waals surface area contributed by atoms with E-state index < -0.39 is 0 Å². The molecule has 1 atom stereocenters. The average molecular weight is 347 g/mol. The Morgan fingerprint density at radius 3 is 2.73 bits per heavy atom. The summed E-state index contributed by atoms with van der Waals surface area (Å²) < 4.78 is 13.8. The fourth-order valence-electron chi connectivity index (χ4n) is 2.93. The van der Waals surface area contributed by atoms with Crippen molar-refractivity contribution in [1.82, 2.24) is 10.2 Å². The maximum Gasteiger partial charge on any atom is 0.142 e. The number of hydrogen-bond acceptors (Lipinski definition) is 2. The highest BCUT2D eigenvalue weighted by Crippen LogP contribution is 2.33. The summed E-state index contributed by atoms with van der Waals surface area (Å²) in [5.41, 5.74) is 0.928. The lowest BCUT2D eigenvalue weighted by Crippen LogP contribution is -2.45. The summed E-state index contributed by atoms with van der Waals surface area (Å²) in [7, 11) is 0. The second kappa shape index (κ2) is 10.2. The van der Waals surface area contributed by atoms with Crippen molar-refractivity contribution >= 4 is 24.0 Å². The van der Waals surface area contributed by atoms with Gasteiger partial charge in [0.15, 0.2) is 0 Å². The molecule has 1 aliphatic heterocycles. The van der Waals surface area contributed by atoms with Crippen LogP contribution in [-0.4, -0.2) is 31.1 Å². The molecule has 0 unspecified atom stereocenters. The molecule has 5 heteroatoms. The van der Waals surface area contributed by atoms with Gasteiger partial charge in [-0.15, -0.1) is 19.0 Å². The zero-order chi connectivity index (χ0) is 15.1. The zero-order valence-electron chi connectivity index (χ0n) is 12.9. The average Bonchev–Trinajstić information content (AvgIpc) is 2.52.